The van der Waals surface area contributed by atoms with E-state index in [-0.39, 0.29) is 16.6 Å². The van der Waals surface area contributed by atoms with Gasteiger partial charge in [0.15, 0.2) is 0 Å². The van der Waals surface area contributed by atoms with Crippen molar-refractivity contribution in [2.75, 3.05) is 0 Å². The number of halogens is 2. The number of alkyl halides is 1. The zero-order valence-electron chi connectivity index (χ0n) is 9.17. The van der Waals surface area contributed by atoms with Gasteiger partial charge in [0.1, 0.15) is 11.6 Å². The van der Waals surface area contributed by atoms with E-state index in [1.807, 2.05) is 6.92 Å². The molecule has 1 aliphatic carbocycles. The minimum atomic E-state index is -0.221. The maximum Gasteiger partial charge on any atom is 0.149 e. The quantitative estimate of drug-likeness (QED) is 0.775. The van der Waals surface area contributed by atoms with Crippen molar-refractivity contribution in [3.63, 3.8) is 0 Å². The molecule has 1 fully saturated rings. The van der Waals surface area contributed by atoms with Gasteiger partial charge in [0.25, 0.3) is 0 Å². The SMILES string of the molecule is Cc1cc(F)ccc1CC(Br)C(=O)C1CC1. The summed E-state index contributed by atoms with van der Waals surface area (Å²) in [5.41, 5.74) is 1.95. The molecular weight excluding hydrogens is 271 g/mol. The van der Waals surface area contributed by atoms with Crippen LogP contribution in [0.15, 0.2) is 18.2 Å². The second-order valence-electron chi connectivity index (χ2n) is 4.42. The third-order valence-electron chi connectivity index (χ3n) is 2.99. The summed E-state index contributed by atoms with van der Waals surface area (Å²) >= 11 is 3.43. The third kappa shape index (κ3) is 2.70. The predicted octanol–water partition coefficient (Wildman–Crippen LogP) is 3.42. The number of Topliss-reactive ketones (excluding diaryl/α,β-unsaturated/α-hetero) is 1. The lowest BCUT2D eigenvalue weighted by atomic mass is 10.0. The molecule has 86 valence electrons. The van der Waals surface area contributed by atoms with Gasteiger partial charge in [0.05, 0.1) is 4.83 Å². The van der Waals surface area contributed by atoms with Crippen molar-refractivity contribution < 1.29 is 9.18 Å². The molecule has 1 aromatic carbocycles. The molecule has 0 radical (unpaired) electrons. The molecule has 0 heterocycles. The Hall–Kier alpha value is -0.700. The summed E-state index contributed by atoms with van der Waals surface area (Å²) in [5.74, 6) is 0.342. The summed E-state index contributed by atoms with van der Waals surface area (Å²) in [6.45, 7) is 1.87. The van der Waals surface area contributed by atoms with E-state index in [2.05, 4.69) is 15.9 Å². The van der Waals surface area contributed by atoms with Gasteiger partial charge in [0.2, 0.25) is 0 Å². The molecule has 1 aromatic rings. The van der Waals surface area contributed by atoms with Gasteiger partial charge in [-0.3, -0.25) is 4.79 Å². The number of hydrogen-bond acceptors (Lipinski definition) is 1. The van der Waals surface area contributed by atoms with Gasteiger partial charge in [-0.1, -0.05) is 22.0 Å². The van der Waals surface area contributed by atoms with Crippen LogP contribution in [0.4, 0.5) is 4.39 Å². The fraction of sp³-hybridized carbons (Fsp3) is 0.462. The van der Waals surface area contributed by atoms with Crippen LogP contribution >= 0.6 is 15.9 Å². The highest BCUT2D eigenvalue weighted by Crippen LogP contribution is 2.33. The van der Waals surface area contributed by atoms with E-state index in [0.29, 0.717) is 12.2 Å². The lowest BCUT2D eigenvalue weighted by Crippen LogP contribution is -2.18. The van der Waals surface area contributed by atoms with Crippen LogP contribution in [0.3, 0.4) is 0 Å². The van der Waals surface area contributed by atoms with Gasteiger partial charge in [-0.15, -0.1) is 0 Å². The third-order valence-corrected chi connectivity index (χ3v) is 3.77. The fourth-order valence-corrected chi connectivity index (χ4v) is 2.53. The van der Waals surface area contributed by atoms with Crippen molar-refractivity contribution in [3.05, 3.63) is 35.1 Å². The van der Waals surface area contributed by atoms with Gasteiger partial charge in [-0.2, -0.15) is 0 Å². The monoisotopic (exact) mass is 284 g/mol. The van der Waals surface area contributed by atoms with Crippen molar-refractivity contribution >= 4 is 21.7 Å². The summed E-state index contributed by atoms with van der Waals surface area (Å²) in [6.07, 6.45) is 2.72. The van der Waals surface area contributed by atoms with Crippen LogP contribution in [0.2, 0.25) is 0 Å². The number of carbonyl (C=O) groups excluding carboxylic acids is 1. The van der Waals surface area contributed by atoms with Crippen LogP contribution in [0.1, 0.15) is 24.0 Å². The molecule has 0 N–H and O–H groups in total. The smallest absolute Gasteiger partial charge is 0.149 e. The van der Waals surface area contributed by atoms with Gasteiger partial charge < -0.3 is 0 Å². The van der Waals surface area contributed by atoms with E-state index in [9.17, 15) is 9.18 Å². The maximum atomic E-state index is 12.9. The molecule has 1 aliphatic rings. The topological polar surface area (TPSA) is 17.1 Å². The Balaban J connectivity index is 2.05. The number of benzene rings is 1. The van der Waals surface area contributed by atoms with Crippen LogP contribution in [0, 0.1) is 18.7 Å². The summed E-state index contributed by atoms with van der Waals surface area (Å²) in [4.78, 5) is 11.6. The van der Waals surface area contributed by atoms with Crippen LogP contribution in [-0.4, -0.2) is 10.6 Å². The molecule has 0 saturated heterocycles. The average Bonchev–Trinajstić information content (AvgIpc) is 3.04. The minimum Gasteiger partial charge on any atom is -0.298 e. The van der Waals surface area contributed by atoms with Gasteiger partial charge in [-0.05, 0) is 49.4 Å². The predicted molar refractivity (Wildman–Crippen MR) is 65.3 cm³/mol. The molecule has 0 aromatic heterocycles. The van der Waals surface area contributed by atoms with Gasteiger partial charge >= 0.3 is 0 Å². The lowest BCUT2D eigenvalue weighted by molar-refractivity contribution is -0.119. The van der Waals surface area contributed by atoms with Crippen LogP contribution in [-0.2, 0) is 11.2 Å². The first-order valence-corrected chi connectivity index (χ1v) is 6.42. The Bertz CT molecular complexity index is 412. The fourth-order valence-electron chi connectivity index (χ4n) is 1.81. The molecular formula is C13H14BrFO. The minimum absolute atomic E-state index is 0.121. The first-order valence-electron chi connectivity index (χ1n) is 5.51. The molecule has 1 atom stereocenters. The highest BCUT2D eigenvalue weighted by Gasteiger charge is 2.33. The van der Waals surface area contributed by atoms with Gasteiger partial charge in [-0.25, -0.2) is 4.39 Å². The lowest BCUT2D eigenvalue weighted by Gasteiger charge is -2.10. The first kappa shape index (κ1) is 11.8. The van der Waals surface area contributed by atoms with E-state index in [1.165, 1.54) is 12.1 Å². The largest absolute Gasteiger partial charge is 0.298 e. The zero-order valence-corrected chi connectivity index (χ0v) is 10.8. The normalized spacial score (nSPS) is 17.2. The van der Waals surface area contributed by atoms with E-state index in [1.54, 1.807) is 6.07 Å². The van der Waals surface area contributed by atoms with E-state index in [4.69, 9.17) is 0 Å². The summed E-state index contributed by atoms with van der Waals surface area (Å²) < 4.78 is 12.9. The average molecular weight is 285 g/mol. The Morgan fingerprint density at radius 3 is 2.81 bits per heavy atom. The maximum absolute atomic E-state index is 12.9. The zero-order chi connectivity index (χ0) is 11.7. The molecule has 0 bridgehead atoms. The van der Waals surface area contributed by atoms with Crippen molar-refractivity contribution in [2.24, 2.45) is 5.92 Å². The van der Waals surface area contributed by atoms with E-state index >= 15 is 0 Å². The second kappa shape index (κ2) is 4.66. The Kier molecular flexibility index (Phi) is 3.43. The van der Waals surface area contributed by atoms with Crippen molar-refractivity contribution in [1.29, 1.82) is 0 Å². The van der Waals surface area contributed by atoms with Crippen molar-refractivity contribution in [3.8, 4) is 0 Å². The highest BCUT2D eigenvalue weighted by molar-refractivity contribution is 9.10. The molecule has 0 spiro atoms. The summed E-state index contributed by atoms with van der Waals surface area (Å²) in [5, 5.41) is 0. The molecule has 3 heteroatoms. The first-order chi connectivity index (χ1) is 7.58. The number of hydrogen-bond donors (Lipinski definition) is 0. The van der Waals surface area contributed by atoms with Crippen LogP contribution in [0.5, 0.6) is 0 Å². The van der Waals surface area contributed by atoms with Crippen LogP contribution < -0.4 is 0 Å². The van der Waals surface area contributed by atoms with Gasteiger partial charge in [0, 0.05) is 5.92 Å². The molecule has 1 nitrogen and oxygen atoms in total. The van der Waals surface area contributed by atoms with E-state index in [0.717, 1.165) is 24.0 Å². The number of rotatable bonds is 4. The Morgan fingerprint density at radius 1 is 1.56 bits per heavy atom. The molecule has 0 aliphatic heterocycles. The van der Waals surface area contributed by atoms with E-state index < -0.39 is 0 Å². The number of carbonyl (C=O) groups is 1. The number of aryl methyl sites for hydroxylation is 1. The Labute approximate surface area is 103 Å². The van der Waals surface area contributed by atoms with Crippen molar-refractivity contribution in [2.45, 2.75) is 31.0 Å². The molecule has 16 heavy (non-hydrogen) atoms. The summed E-state index contributed by atoms with van der Waals surface area (Å²) in [7, 11) is 0. The molecule has 0 amide bonds. The number of ketones is 1. The molecule has 1 saturated carbocycles. The van der Waals surface area contributed by atoms with Crippen LogP contribution in [0.25, 0.3) is 0 Å². The second-order valence-corrected chi connectivity index (χ2v) is 5.52. The molecule has 2 rings (SSSR count). The van der Waals surface area contributed by atoms with Crippen molar-refractivity contribution in [1.82, 2.24) is 0 Å². The standard InChI is InChI=1S/C13H14BrFO/c1-8-6-11(15)5-4-10(8)7-12(14)13(16)9-2-3-9/h4-6,9,12H,2-3,7H2,1H3. The summed E-state index contributed by atoms with van der Waals surface area (Å²) in [6, 6.07) is 4.72. The molecule has 1 unspecified atom stereocenters. The Morgan fingerprint density at radius 2 is 2.25 bits per heavy atom. The highest BCUT2D eigenvalue weighted by atomic mass is 79.9.